The smallest absolute Gasteiger partial charge is 0.303 e. The third-order valence-corrected chi connectivity index (χ3v) is 7.63. The van der Waals surface area contributed by atoms with Gasteiger partial charge < -0.3 is 10.0 Å². The van der Waals surface area contributed by atoms with Gasteiger partial charge in [-0.1, -0.05) is 43.4 Å². The van der Waals surface area contributed by atoms with E-state index in [0.29, 0.717) is 58.0 Å². The highest BCUT2D eigenvalue weighted by Crippen LogP contribution is 2.34. The SMILES string of the molecule is CC1CCN(c2nc3ccccn3c(=O)c2/C=C2\SC(=S)N(CCCCCC(=O)O)C2=O)CC1. The number of anilines is 1. The maximum absolute atomic E-state index is 13.4. The first-order valence-corrected chi connectivity index (χ1v) is 12.8. The van der Waals surface area contributed by atoms with Crippen LogP contribution in [0.4, 0.5) is 5.82 Å². The van der Waals surface area contributed by atoms with Crippen LogP contribution >= 0.6 is 24.0 Å². The highest BCUT2D eigenvalue weighted by Gasteiger charge is 2.32. The zero-order valence-electron chi connectivity index (χ0n) is 19.1. The van der Waals surface area contributed by atoms with Crippen LogP contribution in [-0.4, -0.2) is 55.2 Å². The van der Waals surface area contributed by atoms with Gasteiger partial charge in [0.2, 0.25) is 0 Å². The van der Waals surface area contributed by atoms with E-state index in [1.165, 1.54) is 16.2 Å². The molecule has 2 saturated heterocycles. The highest BCUT2D eigenvalue weighted by atomic mass is 32.2. The number of nitrogens with zero attached hydrogens (tertiary/aromatic N) is 4. The molecule has 0 atom stereocenters. The molecule has 0 radical (unpaired) electrons. The van der Waals surface area contributed by atoms with Crippen LogP contribution in [0.25, 0.3) is 11.7 Å². The lowest BCUT2D eigenvalue weighted by Crippen LogP contribution is -2.36. The van der Waals surface area contributed by atoms with Crippen molar-refractivity contribution in [3.05, 3.63) is 45.2 Å². The van der Waals surface area contributed by atoms with Crippen molar-refractivity contribution in [2.24, 2.45) is 5.92 Å². The Morgan fingerprint density at radius 3 is 2.74 bits per heavy atom. The minimum atomic E-state index is -0.817. The van der Waals surface area contributed by atoms with Crippen molar-refractivity contribution in [3.63, 3.8) is 0 Å². The van der Waals surface area contributed by atoms with E-state index in [-0.39, 0.29) is 17.9 Å². The summed E-state index contributed by atoms with van der Waals surface area (Å²) in [6.45, 7) is 4.30. The molecular weight excluding hydrogens is 472 g/mol. The van der Waals surface area contributed by atoms with Crippen molar-refractivity contribution >= 4 is 57.7 Å². The molecule has 10 heteroatoms. The summed E-state index contributed by atoms with van der Waals surface area (Å²) in [5.41, 5.74) is 0.769. The molecule has 0 unspecified atom stereocenters. The van der Waals surface area contributed by atoms with Crippen molar-refractivity contribution < 1.29 is 14.7 Å². The molecule has 0 aliphatic carbocycles. The third kappa shape index (κ3) is 5.33. The molecule has 0 saturated carbocycles. The van der Waals surface area contributed by atoms with Gasteiger partial charge in [-0.15, -0.1) is 0 Å². The van der Waals surface area contributed by atoms with Gasteiger partial charge in [0.1, 0.15) is 15.8 Å². The molecule has 4 heterocycles. The largest absolute Gasteiger partial charge is 0.481 e. The van der Waals surface area contributed by atoms with E-state index < -0.39 is 5.97 Å². The van der Waals surface area contributed by atoms with Gasteiger partial charge in [0.15, 0.2) is 0 Å². The Hall–Kier alpha value is -2.72. The number of hydrogen-bond acceptors (Lipinski definition) is 7. The minimum Gasteiger partial charge on any atom is -0.481 e. The van der Waals surface area contributed by atoms with E-state index in [9.17, 15) is 14.4 Å². The molecule has 8 nitrogen and oxygen atoms in total. The van der Waals surface area contributed by atoms with Crippen LogP contribution in [0.1, 0.15) is 51.0 Å². The maximum Gasteiger partial charge on any atom is 0.303 e. The molecule has 1 amide bonds. The van der Waals surface area contributed by atoms with E-state index in [1.807, 2.05) is 12.1 Å². The number of aliphatic carboxylic acids is 1. The second-order valence-electron chi connectivity index (χ2n) is 8.79. The first-order chi connectivity index (χ1) is 16.3. The van der Waals surface area contributed by atoms with Crippen LogP contribution in [-0.2, 0) is 9.59 Å². The van der Waals surface area contributed by atoms with E-state index in [1.54, 1.807) is 23.2 Å². The normalized spacial score (nSPS) is 18.4. The van der Waals surface area contributed by atoms with Crippen LogP contribution in [0, 0.1) is 5.92 Å². The molecule has 0 bridgehead atoms. The molecule has 2 aromatic rings. The molecular formula is C24H28N4O4S2. The number of hydrogen-bond donors (Lipinski definition) is 1. The number of carbonyl (C=O) groups is 2. The van der Waals surface area contributed by atoms with Gasteiger partial charge in [0.05, 0.1) is 10.5 Å². The number of amides is 1. The quantitative estimate of drug-likeness (QED) is 0.332. The van der Waals surface area contributed by atoms with Crippen molar-refractivity contribution in [2.45, 2.75) is 45.4 Å². The van der Waals surface area contributed by atoms with E-state index in [4.69, 9.17) is 22.3 Å². The lowest BCUT2D eigenvalue weighted by Gasteiger charge is -2.32. The number of carboxylic acid groups (broad SMARTS) is 1. The molecule has 34 heavy (non-hydrogen) atoms. The molecule has 2 aliphatic rings. The number of thioether (sulfide) groups is 1. The second kappa shape index (κ2) is 10.7. The Balaban J connectivity index is 1.62. The van der Waals surface area contributed by atoms with Crippen molar-refractivity contribution in [3.8, 4) is 0 Å². The highest BCUT2D eigenvalue weighted by molar-refractivity contribution is 8.26. The molecule has 2 aliphatic heterocycles. The van der Waals surface area contributed by atoms with Crippen LogP contribution in [0.2, 0.25) is 0 Å². The van der Waals surface area contributed by atoms with Gasteiger partial charge in [-0.3, -0.25) is 23.7 Å². The predicted molar refractivity (Wildman–Crippen MR) is 138 cm³/mol. The summed E-state index contributed by atoms with van der Waals surface area (Å²) < 4.78 is 1.96. The minimum absolute atomic E-state index is 0.120. The summed E-state index contributed by atoms with van der Waals surface area (Å²) in [6.07, 6.45) is 7.45. The molecule has 1 N–H and O–H groups in total. The van der Waals surface area contributed by atoms with Gasteiger partial charge in [-0.2, -0.15) is 0 Å². The monoisotopic (exact) mass is 500 g/mol. The fourth-order valence-corrected chi connectivity index (χ4v) is 5.52. The Morgan fingerprint density at radius 1 is 1.24 bits per heavy atom. The van der Waals surface area contributed by atoms with Gasteiger partial charge >= 0.3 is 5.97 Å². The summed E-state index contributed by atoms with van der Waals surface area (Å²) in [7, 11) is 0. The predicted octanol–water partition coefficient (Wildman–Crippen LogP) is 3.78. The van der Waals surface area contributed by atoms with Gasteiger partial charge in [-0.05, 0) is 49.8 Å². The molecule has 180 valence electrons. The summed E-state index contributed by atoms with van der Waals surface area (Å²) in [4.78, 5) is 46.1. The molecule has 4 rings (SSSR count). The summed E-state index contributed by atoms with van der Waals surface area (Å²) in [6, 6.07) is 5.45. The fraction of sp³-hybridized carbons (Fsp3) is 0.458. The van der Waals surface area contributed by atoms with Crippen LogP contribution in [0.3, 0.4) is 0 Å². The molecule has 2 aromatic heterocycles. The Labute approximate surface area is 207 Å². The topological polar surface area (TPSA) is 95.2 Å². The van der Waals surface area contributed by atoms with Crippen LogP contribution < -0.4 is 10.5 Å². The third-order valence-electron chi connectivity index (χ3n) is 6.25. The number of carbonyl (C=O) groups excluding carboxylic acids is 1. The number of aromatic nitrogens is 2. The van der Waals surface area contributed by atoms with E-state index in [2.05, 4.69) is 11.8 Å². The average Bonchev–Trinajstić information content (AvgIpc) is 3.08. The number of carboxylic acids is 1. The number of fused-ring (bicyclic) bond motifs is 1. The van der Waals surface area contributed by atoms with Crippen molar-refractivity contribution in [1.29, 1.82) is 0 Å². The first kappa shape index (κ1) is 24.4. The van der Waals surface area contributed by atoms with Crippen molar-refractivity contribution in [1.82, 2.24) is 14.3 Å². The second-order valence-corrected chi connectivity index (χ2v) is 10.5. The molecule has 2 fully saturated rings. The average molecular weight is 501 g/mol. The van der Waals surface area contributed by atoms with Gasteiger partial charge in [0.25, 0.3) is 11.5 Å². The number of rotatable bonds is 8. The summed E-state index contributed by atoms with van der Waals surface area (Å²) >= 11 is 6.63. The van der Waals surface area contributed by atoms with E-state index >= 15 is 0 Å². The maximum atomic E-state index is 13.4. The standard InChI is InChI=1S/C24H28N4O4S2/c1-16-9-13-26(14-10-16)21-17(22(31)27-11-6-4-7-19(27)25-21)15-18-23(32)28(24(33)34-18)12-5-2-3-8-20(29)30/h4,6-7,11,15-16H,2-3,5,8-10,12-14H2,1H3,(H,29,30)/b18-15-. The van der Waals surface area contributed by atoms with E-state index in [0.717, 1.165) is 25.9 Å². The summed E-state index contributed by atoms with van der Waals surface area (Å²) in [5, 5.41) is 8.77. The lowest BCUT2D eigenvalue weighted by molar-refractivity contribution is -0.137. The number of piperidine rings is 1. The summed E-state index contributed by atoms with van der Waals surface area (Å²) in [5.74, 6) is 0.210. The molecule has 0 aromatic carbocycles. The van der Waals surface area contributed by atoms with Crippen LogP contribution in [0.15, 0.2) is 34.1 Å². The number of pyridine rings is 1. The molecule has 0 spiro atoms. The zero-order valence-corrected chi connectivity index (χ0v) is 20.7. The van der Waals surface area contributed by atoms with Gasteiger partial charge in [0, 0.05) is 32.3 Å². The zero-order chi connectivity index (χ0) is 24.2. The van der Waals surface area contributed by atoms with Crippen molar-refractivity contribution in [2.75, 3.05) is 24.5 Å². The Morgan fingerprint density at radius 2 is 2.00 bits per heavy atom. The lowest BCUT2D eigenvalue weighted by atomic mass is 9.99. The Kier molecular flexibility index (Phi) is 7.67. The number of thiocarbonyl (C=S) groups is 1. The van der Waals surface area contributed by atoms with Crippen LogP contribution in [0.5, 0.6) is 0 Å². The fourth-order valence-electron chi connectivity index (χ4n) is 4.23. The number of unbranched alkanes of at least 4 members (excludes halogenated alkanes) is 2. The Bertz CT molecular complexity index is 1200. The first-order valence-electron chi connectivity index (χ1n) is 11.6. The van der Waals surface area contributed by atoms with Gasteiger partial charge in [-0.25, -0.2) is 4.98 Å².